The van der Waals surface area contributed by atoms with Crippen LogP contribution in [0, 0.1) is 5.82 Å². The van der Waals surface area contributed by atoms with Crippen LogP contribution in [0.5, 0.6) is 5.75 Å². The van der Waals surface area contributed by atoms with Crippen molar-refractivity contribution in [3.8, 4) is 5.75 Å². The number of ether oxygens (including phenoxy) is 1. The smallest absolute Gasteiger partial charge is 0.392 e. The fourth-order valence-electron chi connectivity index (χ4n) is 1.02. The second kappa shape index (κ2) is 5.39. The molecule has 1 aromatic carbocycles. The summed E-state index contributed by atoms with van der Waals surface area (Å²) in [6.07, 6.45) is -5.41. The number of rotatable bonds is 4. The molecule has 0 aliphatic heterocycles. The highest BCUT2D eigenvalue weighted by molar-refractivity contribution is 6.17. The second-order valence-corrected chi connectivity index (χ2v) is 3.38. The van der Waals surface area contributed by atoms with Crippen LogP contribution in [0.1, 0.15) is 12.0 Å². The van der Waals surface area contributed by atoms with Crippen molar-refractivity contribution < 1.29 is 22.3 Å². The maximum absolute atomic E-state index is 13.2. The maximum atomic E-state index is 13.2. The third-order valence-electron chi connectivity index (χ3n) is 1.79. The van der Waals surface area contributed by atoms with E-state index in [-0.39, 0.29) is 11.6 Å². The third kappa shape index (κ3) is 4.26. The molecule has 0 bridgehead atoms. The quantitative estimate of drug-likeness (QED) is 0.586. The Morgan fingerprint density at radius 3 is 2.44 bits per heavy atom. The predicted molar refractivity (Wildman–Crippen MR) is 52.1 cm³/mol. The average Bonchev–Trinajstić information content (AvgIpc) is 2.18. The Hall–Kier alpha value is -0.970. The number of halogens is 5. The molecular formula is C10H9ClF4O. The van der Waals surface area contributed by atoms with Crippen molar-refractivity contribution in [2.45, 2.75) is 18.5 Å². The zero-order chi connectivity index (χ0) is 12.2. The molecule has 0 spiro atoms. The van der Waals surface area contributed by atoms with E-state index >= 15 is 0 Å². The van der Waals surface area contributed by atoms with Gasteiger partial charge in [0.05, 0.1) is 13.0 Å². The van der Waals surface area contributed by atoms with Crippen molar-refractivity contribution in [2.75, 3.05) is 6.61 Å². The number of hydrogen-bond acceptors (Lipinski definition) is 1. The topological polar surface area (TPSA) is 9.23 Å². The standard InChI is InChI=1S/C10H9ClF4O/c11-6-7-1-2-9(8(12)5-7)16-4-3-10(13,14)15/h1-2,5H,3-4,6H2. The van der Waals surface area contributed by atoms with E-state index in [1.54, 1.807) is 0 Å². The molecule has 0 atom stereocenters. The third-order valence-corrected chi connectivity index (χ3v) is 2.10. The van der Waals surface area contributed by atoms with E-state index in [0.717, 1.165) is 6.07 Å². The van der Waals surface area contributed by atoms with Crippen LogP contribution in [0.2, 0.25) is 0 Å². The fraction of sp³-hybridized carbons (Fsp3) is 0.400. The molecule has 1 nitrogen and oxygen atoms in total. The summed E-state index contributed by atoms with van der Waals surface area (Å²) in [6, 6.07) is 3.90. The molecule has 0 saturated heterocycles. The molecule has 0 amide bonds. The van der Waals surface area contributed by atoms with Crippen molar-refractivity contribution in [3.63, 3.8) is 0 Å². The summed E-state index contributed by atoms with van der Waals surface area (Å²) in [7, 11) is 0. The molecule has 0 unspecified atom stereocenters. The molecule has 0 fully saturated rings. The van der Waals surface area contributed by atoms with Gasteiger partial charge in [0.15, 0.2) is 11.6 Å². The van der Waals surface area contributed by atoms with Crippen LogP contribution in [0.15, 0.2) is 18.2 Å². The van der Waals surface area contributed by atoms with Gasteiger partial charge in [-0.05, 0) is 17.7 Å². The Kier molecular flexibility index (Phi) is 4.41. The van der Waals surface area contributed by atoms with E-state index in [1.165, 1.54) is 12.1 Å². The number of alkyl halides is 4. The molecule has 6 heteroatoms. The first-order valence-electron chi connectivity index (χ1n) is 4.46. The molecule has 0 aliphatic carbocycles. The van der Waals surface area contributed by atoms with Crippen LogP contribution in [0.25, 0.3) is 0 Å². The van der Waals surface area contributed by atoms with Crippen molar-refractivity contribution >= 4 is 11.6 Å². The monoisotopic (exact) mass is 256 g/mol. The summed E-state index contributed by atoms with van der Waals surface area (Å²) in [6.45, 7) is -0.597. The highest BCUT2D eigenvalue weighted by Crippen LogP contribution is 2.22. The Morgan fingerprint density at radius 2 is 1.94 bits per heavy atom. The lowest BCUT2D eigenvalue weighted by molar-refractivity contribution is -0.139. The first-order valence-corrected chi connectivity index (χ1v) is 5.00. The minimum atomic E-state index is -4.30. The summed E-state index contributed by atoms with van der Waals surface area (Å²) in [4.78, 5) is 0. The van der Waals surface area contributed by atoms with Crippen LogP contribution < -0.4 is 4.74 Å². The second-order valence-electron chi connectivity index (χ2n) is 3.11. The van der Waals surface area contributed by atoms with Crippen molar-refractivity contribution in [1.29, 1.82) is 0 Å². The van der Waals surface area contributed by atoms with E-state index in [2.05, 4.69) is 4.74 Å². The van der Waals surface area contributed by atoms with E-state index in [4.69, 9.17) is 11.6 Å². The normalized spacial score (nSPS) is 11.6. The maximum Gasteiger partial charge on any atom is 0.392 e. The van der Waals surface area contributed by atoms with E-state index in [1.807, 2.05) is 0 Å². The van der Waals surface area contributed by atoms with Gasteiger partial charge in [-0.25, -0.2) is 4.39 Å². The Bertz CT molecular complexity index is 351. The molecule has 0 radical (unpaired) electrons. The van der Waals surface area contributed by atoms with Gasteiger partial charge >= 0.3 is 6.18 Å². The molecule has 0 heterocycles. The highest BCUT2D eigenvalue weighted by Gasteiger charge is 2.27. The van der Waals surface area contributed by atoms with Crippen LogP contribution in [0.3, 0.4) is 0 Å². The molecule has 1 aromatic rings. The first-order chi connectivity index (χ1) is 7.42. The van der Waals surface area contributed by atoms with E-state index < -0.39 is 25.0 Å². The zero-order valence-electron chi connectivity index (χ0n) is 8.15. The highest BCUT2D eigenvalue weighted by atomic mass is 35.5. The van der Waals surface area contributed by atoms with Gasteiger partial charge in [-0.1, -0.05) is 6.07 Å². The van der Waals surface area contributed by atoms with Crippen LogP contribution in [-0.2, 0) is 5.88 Å². The Balaban J connectivity index is 2.55. The van der Waals surface area contributed by atoms with Gasteiger partial charge in [0.2, 0.25) is 0 Å². The number of hydrogen-bond donors (Lipinski definition) is 0. The van der Waals surface area contributed by atoms with Crippen LogP contribution >= 0.6 is 11.6 Å². The lowest BCUT2D eigenvalue weighted by Gasteiger charge is -2.09. The predicted octanol–water partition coefficient (Wildman–Crippen LogP) is 3.90. The van der Waals surface area contributed by atoms with Gasteiger partial charge in [-0.2, -0.15) is 13.2 Å². The zero-order valence-corrected chi connectivity index (χ0v) is 8.91. The van der Waals surface area contributed by atoms with Crippen LogP contribution in [-0.4, -0.2) is 12.8 Å². The largest absolute Gasteiger partial charge is 0.490 e. The van der Waals surface area contributed by atoms with Crippen molar-refractivity contribution in [1.82, 2.24) is 0 Å². The summed E-state index contributed by atoms with van der Waals surface area (Å²) >= 11 is 5.46. The lowest BCUT2D eigenvalue weighted by Crippen LogP contribution is -2.13. The minimum absolute atomic E-state index is 0.139. The van der Waals surface area contributed by atoms with Crippen molar-refractivity contribution in [3.05, 3.63) is 29.6 Å². The molecule has 0 N–H and O–H groups in total. The molecule has 0 aromatic heterocycles. The Labute approximate surface area is 95.0 Å². The molecule has 1 rings (SSSR count). The van der Waals surface area contributed by atoms with Gasteiger partial charge in [0.1, 0.15) is 0 Å². The molecular weight excluding hydrogens is 248 g/mol. The Morgan fingerprint density at radius 1 is 1.25 bits per heavy atom. The SMILES string of the molecule is Fc1cc(CCl)ccc1OCCC(F)(F)F. The molecule has 90 valence electrons. The summed E-state index contributed by atoms with van der Waals surface area (Å²) in [5.74, 6) is -0.766. The summed E-state index contributed by atoms with van der Waals surface area (Å²) in [5.41, 5.74) is 0.544. The summed E-state index contributed by atoms with van der Waals surface area (Å²) < 4.78 is 53.2. The van der Waals surface area contributed by atoms with Crippen LogP contribution in [0.4, 0.5) is 17.6 Å². The lowest BCUT2D eigenvalue weighted by atomic mass is 10.2. The van der Waals surface area contributed by atoms with Gasteiger partial charge < -0.3 is 4.74 Å². The van der Waals surface area contributed by atoms with Gasteiger partial charge in [0.25, 0.3) is 0 Å². The average molecular weight is 257 g/mol. The van der Waals surface area contributed by atoms with Gasteiger partial charge in [-0.15, -0.1) is 11.6 Å². The first kappa shape index (κ1) is 13.1. The van der Waals surface area contributed by atoms with E-state index in [0.29, 0.717) is 5.56 Å². The summed E-state index contributed by atoms with van der Waals surface area (Å²) in [5, 5.41) is 0. The minimum Gasteiger partial charge on any atom is -0.490 e. The molecule has 0 aliphatic rings. The number of benzene rings is 1. The van der Waals surface area contributed by atoms with Gasteiger partial charge in [0, 0.05) is 5.88 Å². The fourth-order valence-corrected chi connectivity index (χ4v) is 1.19. The molecule has 16 heavy (non-hydrogen) atoms. The van der Waals surface area contributed by atoms with Crippen molar-refractivity contribution in [2.24, 2.45) is 0 Å². The van der Waals surface area contributed by atoms with Gasteiger partial charge in [-0.3, -0.25) is 0 Å². The van der Waals surface area contributed by atoms with E-state index in [9.17, 15) is 17.6 Å². The molecule has 0 saturated carbocycles.